The Morgan fingerprint density at radius 2 is 1.93 bits per heavy atom. The summed E-state index contributed by atoms with van der Waals surface area (Å²) in [5.74, 6) is -1.39. The Balaban J connectivity index is 0.00000126. The molecule has 0 atom stereocenters. The summed E-state index contributed by atoms with van der Waals surface area (Å²) in [5, 5.41) is 3.28. The van der Waals surface area contributed by atoms with Gasteiger partial charge in [-0.2, -0.15) is 0 Å². The highest BCUT2D eigenvalue weighted by Gasteiger charge is 2.22. The van der Waals surface area contributed by atoms with Gasteiger partial charge in [-0.25, -0.2) is 8.78 Å². The van der Waals surface area contributed by atoms with Crippen molar-refractivity contribution in [1.82, 2.24) is 5.48 Å². The molecule has 0 unspecified atom stereocenters. The summed E-state index contributed by atoms with van der Waals surface area (Å²) >= 11 is 6.19. The Morgan fingerprint density at radius 1 is 1.22 bits per heavy atom. The molecule has 1 fully saturated rings. The fraction of sp³-hybridized carbons (Fsp3) is 0.333. The summed E-state index contributed by atoms with van der Waals surface area (Å²) in [6.45, 7) is 10.3. The minimum absolute atomic E-state index is 0.0433. The van der Waals surface area contributed by atoms with Gasteiger partial charge in [0.05, 0.1) is 28.7 Å². The first-order chi connectivity index (χ1) is 13.0. The summed E-state index contributed by atoms with van der Waals surface area (Å²) in [4.78, 5) is 5.37. The Labute approximate surface area is 164 Å². The highest BCUT2D eigenvalue weighted by atomic mass is 35.5. The summed E-state index contributed by atoms with van der Waals surface area (Å²) < 4.78 is 28.1. The van der Waals surface area contributed by atoms with Crippen LogP contribution in [0.4, 0.5) is 20.2 Å². The van der Waals surface area contributed by atoms with E-state index in [9.17, 15) is 8.78 Å². The van der Waals surface area contributed by atoms with Gasteiger partial charge >= 0.3 is 0 Å². The molecule has 2 aromatic carbocycles. The number of benzene rings is 2. The van der Waals surface area contributed by atoms with E-state index < -0.39 is 11.6 Å². The van der Waals surface area contributed by atoms with Crippen LogP contribution < -0.4 is 10.8 Å². The molecule has 0 radical (unpaired) electrons. The van der Waals surface area contributed by atoms with Crippen molar-refractivity contribution in [3.63, 3.8) is 0 Å². The van der Waals surface area contributed by atoms with Crippen LogP contribution in [0.5, 0.6) is 0 Å². The van der Waals surface area contributed by atoms with Gasteiger partial charge in [0.25, 0.3) is 0 Å². The van der Waals surface area contributed by atoms with Crippen LogP contribution in [0.2, 0.25) is 5.02 Å². The Kier molecular flexibility index (Phi) is 7.63. The fourth-order valence-corrected chi connectivity index (χ4v) is 2.65. The first kappa shape index (κ1) is 21.2. The van der Waals surface area contributed by atoms with Crippen LogP contribution in [0.1, 0.15) is 37.8 Å². The third kappa shape index (κ3) is 5.68. The van der Waals surface area contributed by atoms with E-state index in [4.69, 9.17) is 16.4 Å². The monoisotopic (exact) mass is 394 g/mol. The zero-order valence-corrected chi connectivity index (χ0v) is 16.6. The zero-order chi connectivity index (χ0) is 20.0. The van der Waals surface area contributed by atoms with Gasteiger partial charge in [-0.05, 0) is 55.5 Å². The highest BCUT2D eigenvalue weighted by molar-refractivity contribution is 6.33. The summed E-state index contributed by atoms with van der Waals surface area (Å²) in [7, 11) is 0. The highest BCUT2D eigenvalue weighted by Crippen LogP contribution is 2.33. The van der Waals surface area contributed by atoms with Crippen LogP contribution >= 0.6 is 11.6 Å². The van der Waals surface area contributed by atoms with Gasteiger partial charge in [-0.1, -0.05) is 38.1 Å². The first-order valence-electron chi connectivity index (χ1n) is 9.04. The van der Waals surface area contributed by atoms with E-state index in [0.29, 0.717) is 34.5 Å². The molecule has 3 rings (SSSR count). The summed E-state index contributed by atoms with van der Waals surface area (Å²) in [6.07, 6.45) is 2.30. The third-order valence-electron chi connectivity index (χ3n) is 4.02. The average Bonchev–Trinajstić information content (AvgIpc) is 3.47. The van der Waals surface area contributed by atoms with Gasteiger partial charge in [0.15, 0.2) is 11.6 Å². The average molecular weight is 395 g/mol. The lowest BCUT2D eigenvalue weighted by Gasteiger charge is -2.17. The summed E-state index contributed by atoms with van der Waals surface area (Å²) in [6, 6.07) is 7.79. The van der Waals surface area contributed by atoms with E-state index in [1.54, 1.807) is 12.1 Å². The smallest absolute Gasteiger partial charge is 0.182 e. The van der Waals surface area contributed by atoms with E-state index >= 15 is 0 Å². The third-order valence-corrected chi connectivity index (χ3v) is 4.33. The van der Waals surface area contributed by atoms with Crippen molar-refractivity contribution in [2.45, 2.75) is 33.6 Å². The van der Waals surface area contributed by atoms with Gasteiger partial charge in [-0.3, -0.25) is 10.3 Å². The lowest BCUT2D eigenvalue weighted by atomic mass is 10.1. The Hall–Kier alpha value is -2.11. The number of hydrogen-bond acceptors (Lipinski definition) is 3. The quantitative estimate of drug-likeness (QED) is 0.519. The lowest BCUT2D eigenvalue weighted by molar-refractivity contribution is 0.0701. The molecule has 2 N–H and O–H groups in total. The van der Waals surface area contributed by atoms with Crippen LogP contribution in [0.25, 0.3) is 5.70 Å². The topological polar surface area (TPSA) is 33.3 Å². The molecule has 1 saturated carbocycles. The number of anilines is 2. The molecule has 0 bridgehead atoms. The van der Waals surface area contributed by atoms with Crippen molar-refractivity contribution in [3.05, 3.63) is 64.7 Å². The van der Waals surface area contributed by atoms with E-state index in [1.165, 1.54) is 6.07 Å². The van der Waals surface area contributed by atoms with Crippen LogP contribution in [0.15, 0.2) is 36.9 Å². The van der Waals surface area contributed by atoms with E-state index in [2.05, 4.69) is 17.4 Å². The van der Waals surface area contributed by atoms with E-state index in [0.717, 1.165) is 24.5 Å². The number of aryl methyl sites for hydroxylation is 1. The second-order valence-electron chi connectivity index (χ2n) is 6.23. The molecule has 27 heavy (non-hydrogen) atoms. The molecular formula is C21H25ClF2N2O. The summed E-state index contributed by atoms with van der Waals surface area (Å²) in [5.41, 5.74) is 4.82. The van der Waals surface area contributed by atoms with Gasteiger partial charge in [-0.15, -0.1) is 0 Å². The van der Waals surface area contributed by atoms with Gasteiger partial charge in [0.1, 0.15) is 0 Å². The molecule has 146 valence electrons. The second kappa shape index (κ2) is 9.72. The minimum Gasteiger partial charge on any atom is -0.351 e. The van der Waals surface area contributed by atoms with Gasteiger partial charge in [0.2, 0.25) is 0 Å². The lowest BCUT2D eigenvalue weighted by Crippen LogP contribution is -2.15. The standard InChI is InChI=1S/C19H19ClF2N2O.C2H6/c1-11-3-8-17(15(20)9-11)23-19-14(6-7-16(21)18(19)22)12(2)24-25-10-13-4-5-13;1-2/h3,6-9,13,23-24H,2,4-5,10H2,1H3;1-2H3. The molecule has 2 aromatic rings. The van der Waals surface area contributed by atoms with Crippen molar-refractivity contribution in [2.24, 2.45) is 5.92 Å². The van der Waals surface area contributed by atoms with Crippen molar-refractivity contribution < 1.29 is 13.6 Å². The van der Waals surface area contributed by atoms with Crippen molar-refractivity contribution in [1.29, 1.82) is 0 Å². The molecule has 0 aliphatic heterocycles. The SMILES string of the molecule is C=C(NOCC1CC1)c1ccc(F)c(F)c1Nc1ccc(C)cc1Cl.CC. The molecule has 6 heteroatoms. The van der Waals surface area contributed by atoms with Crippen LogP contribution in [0.3, 0.4) is 0 Å². The number of hydroxylamine groups is 1. The van der Waals surface area contributed by atoms with Gasteiger partial charge in [0, 0.05) is 5.56 Å². The molecule has 1 aliphatic carbocycles. The minimum atomic E-state index is -1.00. The maximum Gasteiger partial charge on any atom is 0.182 e. The maximum absolute atomic E-state index is 14.4. The number of rotatable bonds is 7. The molecule has 1 aliphatic rings. The normalized spacial score (nSPS) is 12.8. The van der Waals surface area contributed by atoms with E-state index in [-0.39, 0.29) is 5.69 Å². The number of nitrogens with one attached hydrogen (secondary N) is 2. The fourth-order valence-electron chi connectivity index (χ4n) is 2.37. The maximum atomic E-state index is 14.4. The number of hydrogen-bond donors (Lipinski definition) is 2. The van der Waals surface area contributed by atoms with Crippen molar-refractivity contribution in [2.75, 3.05) is 11.9 Å². The number of halogens is 3. The van der Waals surface area contributed by atoms with Crippen molar-refractivity contribution >= 4 is 28.7 Å². The van der Waals surface area contributed by atoms with Crippen LogP contribution in [-0.2, 0) is 4.84 Å². The molecule has 0 amide bonds. The van der Waals surface area contributed by atoms with Crippen molar-refractivity contribution in [3.8, 4) is 0 Å². The second-order valence-corrected chi connectivity index (χ2v) is 6.63. The molecule has 0 saturated heterocycles. The van der Waals surface area contributed by atoms with E-state index in [1.807, 2.05) is 26.8 Å². The first-order valence-corrected chi connectivity index (χ1v) is 9.41. The van der Waals surface area contributed by atoms with Crippen LogP contribution in [0, 0.1) is 24.5 Å². The Morgan fingerprint density at radius 3 is 2.56 bits per heavy atom. The molecule has 0 aromatic heterocycles. The predicted octanol–water partition coefficient (Wildman–Crippen LogP) is 6.60. The molecule has 3 nitrogen and oxygen atoms in total. The molecular weight excluding hydrogens is 370 g/mol. The van der Waals surface area contributed by atoms with Gasteiger partial charge < -0.3 is 5.32 Å². The largest absolute Gasteiger partial charge is 0.351 e. The predicted molar refractivity (Wildman–Crippen MR) is 108 cm³/mol. The Bertz CT molecular complexity index is 807. The van der Waals surface area contributed by atoms with Crippen LogP contribution in [-0.4, -0.2) is 6.61 Å². The molecule has 0 spiro atoms. The zero-order valence-electron chi connectivity index (χ0n) is 15.8. The molecule has 0 heterocycles.